The van der Waals surface area contributed by atoms with Gasteiger partial charge in [0.2, 0.25) is 0 Å². The molecule has 1 aromatic carbocycles. The van der Waals surface area contributed by atoms with E-state index in [-0.39, 0.29) is 18.1 Å². The van der Waals surface area contributed by atoms with Gasteiger partial charge < -0.3 is 10.1 Å². The highest BCUT2D eigenvalue weighted by Crippen LogP contribution is 2.55. The molecule has 4 nitrogen and oxygen atoms in total. The van der Waals surface area contributed by atoms with Crippen LogP contribution in [0, 0.1) is 17.8 Å². The van der Waals surface area contributed by atoms with Gasteiger partial charge in [0.15, 0.2) is 6.61 Å². The van der Waals surface area contributed by atoms with Gasteiger partial charge in [-0.1, -0.05) is 11.6 Å². The number of pyridine rings is 1. The molecule has 2 aromatic rings. The number of hydrogen-bond acceptors (Lipinski definition) is 3. The number of ether oxygens (including phenoxy) is 1. The number of carbonyl (C=O) groups excluding carboxylic acids is 1. The SMILES string of the molecule is O=C(COc1ccc(Cl)c2cccnc12)NC12CC3CC(CC(C3)C1)C2. The van der Waals surface area contributed by atoms with Crippen molar-refractivity contribution < 1.29 is 9.53 Å². The molecule has 0 radical (unpaired) electrons. The maximum Gasteiger partial charge on any atom is 0.258 e. The van der Waals surface area contributed by atoms with Gasteiger partial charge in [-0.25, -0.2) is 0 Å². The van der Waals surface area contributed by atoms with Crippen LogP contribution in [0.25, 0.3) is 10.9 Å². The Morgan fingerprint density at radius 1 is 1.15 bits per heavy atom. The van der Waals surface area contributed by atoms with Crippen LogP contribution in [0.3, 0.4) is 0 Å². The van der Waals surface area contributed by atoms with Crippen LogP contribution < -0.4 is 10.1 Å². The van der Waals surface area contributed by atoms with Gasteiger partial charge in [0.25, 0.3) is 5.91 Å². The fourth-order valence-electron chi connectivity index (χ4n) is 5.97. The summed E-state index contributed by atoms with van der Waals surface area (Å²) in [6.07, 6.45) is 9.26. The number of benzene rings is 1. The van der Waals surface area contributed by atoms with Gasteiger partial charge in [-0.3, -0.25) is 9.78 Å². The molecule has 6 rings (SSSR count). The monoisotopic (exact) mass is 370 g/mol. The number of hydrogen-bond donors (Lipinski definition) is 1. The molecule has 4 aliphatic rings. The Labute approximate surface area is 158 Å². The summed E-state index contributed by atoms with van der Waals surface area (Å²) in [6, 6.07) is 7.33. The van der Waals surface area contributed by atoms with Crippen molar-refractivity contribution in [1.29, 1.82) is 0 Å². The molecule has 136 valence electrons. The van der Waals surface area contributed by atoms with Crippen molar-refractivity contribution in [3.05, 3.63) is 35.5 Å². The standard InChI is InChI=1S/C21H23ClN2O2/c22-17-3-4-18(20-16(17)2-1-5-23-20)26-12-19(25)24-21-9-13-6-14(10-21)8-15(7-13)11-21/h1-5,13-15H,6-12H2,(H,24,25). The largest absolute Gasteiger partial charge is 0.481 e. The Morgan fingerprint density at radius 3 is 2.54 bits per heavy atom. The lowest BCUT2D eigenvalue weighted by molar-refractivity contribution is -0.128. The number of halogens is 1. The maximum atomic E-state index is 12.6. The molecule has 26 heavy (non-hydrogen) atoms. The van der Waals surface area contributed by atoms with E-state index in [1.165, 1.54) is 19.3 Å². The van der Waals surface area contributed by atoms with E-state index in [9.17, 15) is 4.79 Å². The average Bonchev–Trinajstić information content (AvgIpc) is 2.60. The summed E-state index contributed by atoms with van der Waals surface area (Å²) in [5.74, 6) is 3.02. The quantitative estimate of drug-likeness (QED) is 0.870. The van der Waals surface area contributed by atoms with Gasteiger partial charge in [-0.15, -0.1) is 0 Å². The van der Waals surface area contributed by atoms with Crippen LogP contribution in [0.5, 0.6) is 5.75 Å². The van der Waals surface area contributed by atoms with Crippen molar-refractivity contribution in [3.8, 4) is 5.75 Å². The van der Waals surface area contributed by atoms with Crippen molar-refractivity contribution in [2.75, 3.05) is 6.61 Å². The molecule has 0 atom stereocenters. The zero-order valence-electron chi connectivity index (χ0n) is 14.7. The van der Waals surface area contributed by atoms with E-state index in [1.807, 2.05) is 12.1 Å². The summed E-state index contributed by atoms with van der Waals surface area (Å²) in [5, 5.41) is 4.82. The van der Waals surface area contributed by atoms with E-state index in [2.05, 4.69) is 10.3 Å². The van der Waals surface area contributed by atoms with E-state index in [1.54, 1.807) is 18.3 Å². The Morgan fingerprint density at radius 2 is 1.85 bits per heavy atom. The van der Waals surface area contributed by atoms with Gasteiger partial charge >= 0.3 is 0 Å². The zero-order valence-corrected chi connectivity index (χ0v) is 15.5. The van der Waals surface area contributed by atoms with Gasteiger partial charge in [-0.2, -0.15) is 0 Å². The second-order valence-corrected chi connectivity index (χ2v) is 8.89. The van der Waals surface area contributed by atoms with Gasteiger partial charge in [0.05, 0.1) is 5.02 Å². The van der Waals surface area contributed by atoms with Crippen molar-refractivity contribution in [3.63, 3.8) is 0 Å². The second kappa shape index (κ2) is 6.12. The normalized spacial score (nSPS) is 32.0. The van der Waals surface area contributed by atoms with E-state index in [0.29, 0.717) is 16.3 Å². The predicted octanol–water partition coefficient (Wildman–Crippen LogP) is 4.35. The molecule has 1 aromatic heterocycles. The smallest absolute Gasteiger partial charge is 0.258 e. The Hall–Kier alpha value is -1.81. The zero-order chi connectivity index (χ0) is 17.7. The lowest BCUT2D eigenvalue weighted by Gasteiger charge is -2.56. The summed E-state index contributed by atoms with van der Waals surface area (Å²) < 4.78 is 5.82. The molecular formula is C21H23ClN2O2. The fraction of sp³-hybridized carbons (Fsp3) is 0.524. The van der Waals surface area contributed by atoms with Crippen molar-refractivity contribution >= 4 is 28.4 Å². The first-order valence-electron chi connectivity index (χ1n) is 9.57. The summed E-state index contributed by atoms with van der Waals surface area (Å²) in [4.78, 5) is 17.0. The Kier molecular flexibility index (Phi) is 3.85. The molecular weight excluding hydrogens is 348 g/mol. The summed E-state index contributed by atoms with van der Waals surface area (Å²) >= 11 is 6.22. The molecule has 5 heteroatoms. The molecule has 4 fully saturated rings. The molecule has 4 aliphatic carbocycles. The van der Waals surface area contributed by atoms with Crippen LogP contribution in [0.2, 0.25) is 5.02 Å². The molecule has 0 unspecified atom stereocenters. The van der Waals surface area contributed by atoms with Gasteiger partial charge in [0, 0.05) is 17.1 Å². The number of rotatable bonds is 4. The lowest BCUT2D eigenvalue weighted by atomic mass is 9.53. The first-order chi connectivity index (χ1) is 12.6. The van der Waals surface area contributed by atoms with Crippen molar-refractivity contribution in [1.82, 2.24) is 10.3 Å². The maximum absolute atomic E-state index is 12.6. The Bertz CT molecular complexity index is 831. The first-order valence-corrected chi connectivity index (χ1v) is 9.95. The van der Waals surface area contributed by atoms with E-state index in [4.69, 9.17) is 16.3 Å². The third-order valence-corrected chi connectivity index (χ3v) is 6.81. The summed E-state index contributed by atoms with van der Waals surface area (Å²) in [5.41, 5.74) is 0.720. The number of nitrogens with one attached hydrogen (secondary N) is 1. The number of fused-ring (bicyclic) bond motifs is 1. The number of nitrogens with zero attached hydrogens (tertiary/aromatic N) is 1. The number of amides is 1. The summed E-state index contributed by atoms with van der Waals surface area (Å²) in [6.45, 7) is 0.0229. The molecule has 1 N–H and O–H groups in total. The molecule has 1 amide bonds. The highest BCUT2D eigenvalue weighted by atomic mass is 35.5. The minimum Gasteiger partial charge on any atom is -0.481 e. The van der Waals surface area contributed by atoms with Crippen LogP contribution in [-0.4, -0.2) is 23.0 Å². The highest BCUT2D eigenvalue weighted by Gasteiger charge is 2.51. The lowest BCUT2D eigenvalue weighted by Crippen LogP contribution is -2.60. The molecule has 4 saturated carbocycles. The third-order valence-electron chi connectivity index (χ3n) is 6.48. The first kappa shape index (κ1) is 16.4. The van der Waals surface area contributed by atoms with Gasteiger partial charge in [0.1, 0.15) is 11.3 Å². The topological polar surface area (TPSA) is 51.2 Å². The fourth-order valence-corrected chi connectivity index (χ4v) is 6.18. The van der Waals surface area contributed by atoms with Crippen LogP contribution in [0.1, 0.15) is 38.5 Å². The minimum absolute atomic E-state index is 0.0222. The van der Waals surface area contributed by atoms with Gasteiger partial charge in [-0.05, 0) is 80.5 Å². The molecule has 0 saturated heterocycles. The Balaban J connectivity index is 1.28. The third kappa shape index (κ3) is 2.84. The second-order valence-electron chi connectivity index (χ2n) is 8.48. The van der Waals surface area contributed by atoms with Crippen molar-refractivity contribution in [2.24, 2.45) is 17.8 Å². The summed E-state index contributed by atoms with van der Waals surface area (Å²) in [7, 11) is 0. The van der Waals surface area contributed by atoms with Crippen LogP contribution in [-0.2, 0) is 4.79 Å². The molecule has 0 aliphatic heterocycles. The molecule has 1 heterocycles. The van der Waals surface area contributed by atoms with Crippen LogP contribution in [0.4, 0.5) is 0 Å². The average molecular weight is 371 g/mol. The number of carbonyl (C=O) groups is 1. The van der Waals surface area contributed by atoms with E-state index < -0.39 is 0 Å². The van der Waals surface area contributed by atoms with Crippen molar-refractivity contribution in [2.45, 2.75) is 44.1 Å². The van der Waals surface area contributed by atoms with E-state index in [0.717, 1.165) is 42.4 Å². The van der Waals surface area contributed by atoms with Crippen LogP contribution >= 0.6 is 11.6 Å². The number of aromatic nitrogens is 1. The molecule has 4 bridgehead atoms. The van der Waals surface area contributed by atoms with Crippen LogP contribution in [0.15, 0.2) is 30.5 Å². The highest BCUT2D eigenvalue weighted by molar-refractivity contribution is 6.35. The van der Waals surface area contributed by atoms with E-state index >= 15 is 0 Å². The molecule has 0 spiro atoms. The minimum atomic E-state index is -0.0222. The predicted molar refractivity (Wildman–Crippen MR) is 101 cm³/mol.